The third-order valence-electron chi connectivity index (χ3n) is 5.51. The number of thioether (sulfide) groups is 1. The first kappa shape index (κ1) is 19.0. The lowest BCUT2D eigenvalue weighted by molar-refractivity contribution is -0.125. The average Bonchev–Trinajstić information content (AvgIpc) is 3.28. The number of likely N-dealkylation sites (tertiary alicyclic amines) is 1. The molecule has 0 bridgehead atoms. The Balaban J connectivity index is 1.32. The van der Waals surface area contributed by atoms with Crippen LogP contribution in [0, 0.1) is 0 Å². The van der Waals surface area contributed by atoms with Gasteiger partial charge in [-0.3, -0.25) is 9.69 Å². The number of aromatic amines is 1. The lowest BCUT2D eigenvalue weighted by Crippen LogP contribution is -2.43. The maximum atomic E-state index is 12.9. The number of H-pyrrole nitrogens is 1. The number of imidazole rings is 1. The maximum Gasteiger partial charge on any atom is 0.237 e. The monoisotopic (exact) mass is 426 g/mol. The summed E-state index contributed by atoms with van der Waals surface area (Å²) >= 11 is 7.90. The van der Waals surface area contributed by atoms with Crippen molar-refractivity contribution >= 4 is 40.3 Å². The predicted octanol–water partition coefficient (Wildman–Crippen LogP) is 4.23. The third kappa shape index (κ3) is 4.44. The van der Waals surface area contributed by atoms with Crippen LogP contribution in [0.5, 0.6) is 0 Å². The molecule has 29 heavy (non-hydrogen) atoms. The number of nitrogens with one attached hydrogen (secondary N) is 2. The standard InChI is InChI=1S/C22H23ClN4OS/c23-15-5-3-4-14(10-15)12-27-13-17(11-20(27)21(28)24-16-8-9-16)29-22-25-18-6-1-2-7-19(18)26-22/h1-7,10,16-17,20H,8-9,11-13H2,(H,24,28)(H,25,26)/t17-,20-/m0/s1. The van der Waals surface area contributed by atoms with Gasteiger partial charge in [0.2, 0.25) is 5.91 Å². The van der Waals surface area contributed by atoms with Crippen LogP contribution in [0.25, 0.3) is 11.0 Å². The van der Waals surface area contributed by atoms with Gasteiger partial charge in [-0.05, 0) is 49.1 Å². The van der Waals surface area contributed by atoms with Gasteiger partial charge in [0.15, 0.2) is 5.16 Å². The Labute approximate surface area is 179 Å². The summed E-state index contributed by atoms with van der Waals surface area (Å²) in [6.07, 6.45) is 3.02. The SMILES string of the molecule is O=C(NC1CC1)[C@@H]1C[C@H](Sc2nc3ccccc3[nH]2)CN1Cc1cccc(Cl)c1. The summed E-state index contributed by atoms with van der Waals surface area (Å²) in [5.41, 5.74) is 3.16. The van der Waals surface area contributed by atoms with Crippen LogP contribution < -0.4 is 5.32 Å². The number of nitrogens with zero attached hydrogens (tertiary/aromatic N) is 2. The molecule has 1 aliphatic carbocycles. The molecular weight excluding hydrogens is 404 g/mol. The fourth-order valence-electron chi connectivity index (χ4n) is 3.93. The van der Waals surface area contributed by atoms with E-state index in [2.05, 4.69) is 21.3 Å². The Bertz CT molecular complexity index is 1000. The van der Waals surface area contributed by atoms with Gasteiger partial charge in [0.05, 0.1) is 17.1 Å². The molecule has 2 atom stereocenters. The van der Waals surface area contributed by atoms with E-state index in [-0.39, 0.29) is 11.9 Å². The highest BCUT2D eigenvalue weighted by Crippen LogP contribution is 2.34. The zero-order chi connectivity index (χ0) is 19.8. The highest BCUT2D eigenvalue weighted by atomic mass is 35.5. The van der Waals surface area contributed by atoms with Gasteiger partial charge in [-0.25, -0.2) is 4.98 Å². The zero-order valence-electron chi connectivity index (χ0n) is 16.0. The molecule has 1 saturated carbocycles. The van der Waals surface area contributed by atoms with Crippen LogP contribution in [0.1, 0.15) is 24.8 Å². The lowest BCUT2D eigenvalue weighted by Gasteiger charge is -2.23. The first-order valence-corrected chi connectivity index (χ1v) is 11.3. The van der Waals surface area contributed by atoms with Gasteiger partial charge in [-0.1, -0.05) is 47.6 Å². The average molecular weight is 427 g/mol. The summed E-state index contributed by atoms with van der Waals surface area (Å²) in [4.78, 5) is 23.3. The second kappa shape index (κ2) is 8.01. The van der Waals surface area contributed by atoms with Crippen LogP contribution >= 0.6 is 23.4 Å². The highest BCUT2D eigenvalue weighted by Gasteiger charge is 2.39. The number of carbonyl (C=O) groups excluding carboxylic acids is 1. The van der Waals surface area contributed by atoms with Crippen molar-refractivity contribution in [3.8, 4) is 0 Å². The number of amides is 1. The zero-order valence-corrected chi connectivity index (χ0v) is 17.5. The van der Waals surface area contributed by atoms with Gasteiger partial charge in [0, 0.05) is 29.4 Å². The molecule has 1 aromatic heterocycles. The van der Waals surface area contributed by atoms with Crippen molar-refractivity contribution in [2.45, 2.75) is 48.3 Å². The van der Waals surface area contributed by atoms with Gasteiger partial charge in [-0.15, -0.1) is 0 Å². The third-order valence-corrected chi connectivity index (χ3v) is 6.84. The molecule has 1 amide bonds. The van der Waals surface area contributed by atoms with Crippen molar-refractivity contribution in [3.63, 3.8) is 0 Å². The van der Waals surface area contributed by atoms with Gasteiger partial charge in [0.1, 0.15) is 0 Å². The quantitative estimate of drug-likeness (QED) is 0.619. The summed E-state index contributed by atoms with van der Waals surface area (Å²) in [7, 11) is 0. The van der Waals surface area contributed by atoms with E-state index >= 15 is 0 Å². The molecule has 2 aromatic carbocycles. The van der Waals surface area contributed by atoms with Crippen molar-refractivity contribution in [2.75, 3.05) is 6.54 Å². The Morgan fingerprint density at radius 2 is 2.10 bits per heavy atom. The molecule has 0 unspecified atom stereocenters. The number of aromatic nitrogens is 2. The van der Waals surface area contributed by atoms with E-state index in [0.29, 0.717) is 11.3 Å². The van der Waals surface area contributed by atoms with Crippen LogP contribution in [0.15, 0.2) is 53.7 Å². The molecule has 1 saturated heterocycles. The highest BCUT2D eigenvalue weighted by molar-refractivity contribution is 7.99. The van der Waals surface area contributed by atoms with Gasteiger partial charge < -0.3 is 10.3 Å². The Kier molecular flexibility index (Phi) is 5.24. The fourth-order valence-corrected chi connectivity index (χ4v) is 5.33. The largest absolute Gasteiger partial charge is 0.352 e. The van der Waals surface area contributed by atoms with Crippen molar-refractivity contribution < 1.29 is 4.79 Å². The number of rotatable bonds is 6. The summed E-state index contributed by atoms with van der Waals surface area (Å²) in [5.74, 6) is 0.155. The second-order valence-electron chi connectivity index (χ2n) is 7.89. The maximum absolute atomic E-state index is 12.9. The van der Waals surface area contributed by atoms with Gasteiger partial charge >= 0.3 is 0 Å². The van der Waals surface area contributed by atoms with Crippen molar-refractivity contribution in [1.29, 1.82) is 0 Å². The summed E-state index contributed by atoms with van der Waals surface area (Å²) in [6.45, 7) is 1.57. The lowest BCUT2D eigenvalue weighted by atomic mass is 10.1. The fraction of sp³-hybridized carbons (Fsp3) is 0.364. The number of para-hydroxylation sites is 2. The van der Waals surface area contributed by atoms with E-state index in [1.54, 1.807) is 11.8 Å². The van der Waals surface area contributed by atoms with E-state index in [1.807, 2.05) is 42.5 Å². The van der Waals surface area contributed by atoms with Crippen LogP contribution in [0.4, 0.5) is 0 Å². The Hall–Kier alpha value is -2.02. The van der Waals surface area contributed by atoms with Crippen molar-refractivity contribution in [3.05, 3.63) is 59.1 Å². The molecule has 0 spiro atoms. The van der Waals surface area contributed by atoms with E-state index in [1.165, 1.54) is 0 Å². The second-order valence-corrected chi connectivity index (χ2v) is 9.62. The molecule has 150 valence electrons. The topological polar surface area (TPSA) is 61.0 Å². The van der Waals surface area contributed by atoms with E-state index in [0.717, 1.165) is 59.1 Å². The summed E-state index contributed by atoms with van der Waals surface area (Å²) in [5, 5.41) is 5.15. The molecule has 5 nitrogen and oxygen atoms in total. The normalized spacial score (nSPS) is 22.2. The minimum absolute atomic E-state index is 0.114. The number of fused-ring (bicyclic) bond motifs is 1. The van der Waals surface area contributed by atoms with E-state index in [4.69, 9.17) is 16.6 Å². The number of benzene rings is 2. The number of hydrogen-bond acceptors (Lipinski definition) is 4. The minimum Gasteiger partial charge on any atom is -0.352 e. The number of hydrogen-bond donors (Lipinski definition) is 2. The molecule has 3 aromatic rings. The van der Waals surface area contributed by atoms with E-state index < -0.39 is 0 Å². The van der Waals surface area contributed by atoms with Crippen molar-refractivity contribution in [2.24, 2.45) is 0 Å². The molecule has 5 rings (SSSR count). The van der Waals surface area contributed by atoms with Gasteiger partial charge in [-0.2, -0.15) is 0 Å². The summed E-state index contributed by atoms with van der Waals surface area (Å²) in [6, 6.07) is 16.2. The minimum atomic E-state index is -0.114. The molecule has 0 radical (unpaired) electrons. The smallest absolute Gasteiger partial charge is 0.237 e. The summed E-state index contributed by atoms with van der Waals surface area (Å²) < 4.78 is 0. The molecule has 2 N–H and O–H groups in total. The molecule has 2 aliphatic rings. The first-order valence-electron chi connectivity index (χ1n) is 10.0. The Morgan fingerprint density at radius 1 is 1.24 bits per heavy atom. The number of halogens is 1. The molecule has 1 aliphatic heterocycles. The molecular formula is C22H23ClN4OS. The van der Waals surface area contributed by atoms with Crippen LogP contribution in [-0.4, -0.2) is 44.7 Å². The molecule has 2 fully saturated rings. The van der Waals surface area contributed by atoms with Crippen molar-refractivity contribution in [1.82, 2.24) is 20.2 Å². The number of carbonyl (C=O) groups is 1. The van der Waals surface area contributed by atoms with E-state index in [9.17, 15) is 4.79 Å². The Morgan fingerprint density at radius 3 is 2.90 bits per heavy atom. The van der Waals surface area contributed by atoms with Crippen LogP contribution in [-0.2, 0) is 11.3 Å². The molecule has 2 heterocycles. The van der Waals surface area contributed by atoms with Gasteiger partial charge in [0.25, 0.3) is 0 Å². The van der Waals surface area contributed by atoms with Crippen LogP contribution in [0.2, 0.25) is 5.02 Å². The predicted molar refractivity (Wildman–Crippen MR) is 117 cm³/mol. The first-order chi connectivity index (χ1) is 14.1. The molecule has 7 heteroatoms. The van der Waals surface area contributed by atoms with Crippen LogP contribution in [0.3, 0.4) is 0 Å².